The number of aromatic hydroxyl groups is 2. The summed E-state index contributed by atoms with van der Waals surface area (Å²) in [6, 6.07) is 15.1. The zero-order chi connectivity index (χ0) is 19.0. The van der Waals surface area contributed by atoms with Crippen molar-refractivity contribution < 1.29 is 15.0 Å². The number of nitrogens with one attached hydrogen (secondary N) is 1. The smallest absolute Gasteiger partial charge is 0.274 e. The molecular formula is C20H16BrN3O3. The van der Waals surface area contributed by atoms with Gasteiger partial charge >= 0.3 is 0 Å². The predicted octanol–water partition coefficient (Wildman–Crippen LogP) is 3.21. The van der Waals surface area contributed by atoms with E-state index >= 15 is 0 Å². The van der Waals surface area contributed by atoms with E-state index in [9.17, 15) is 15.0 Å². The zero-order valence-corrected chi connectivity index (χ0v) is 15.8. The van der Waals surface area contributed by atoms with Gasteiger partial charge in [-0.15, -0.1) is 0 Å². The summed E-state index contributed by atoms with van der Waals surface area (Å²) >= 11 is 3.37. The molecule has 0 saturated carbocycles. The van der Waals surface area contributed by atoms with Crippen LogP contribution >= 0.6 is 15.9 Å². The number of benzene rings is 2. The Labute approximate surface area is 164 Å². The first-order chi connectivity index (χ1) is 13.0. The topological polar surface area (TPSA) is 95.3 Å². The summed E-state index contributed by atoms with van der Waals surface area (Å²) in [6.07, 6.45) is 1.44. The normalized spacial score (nSPS) is 13.4. The first kappa shape index (κ1) is 17.5. The number of halogens is 1. The Morgan fingerprint density at radius 1 is 1.04 bits per heavy atom. The van der Waals surface area contributed by atoms with Crippen LogP contribution in [0, 0.1) is 0 Å². The zero-order valence-electron chi connectivity index (χ0n) is 14.2. The third kappa shape index (κ3) is 3.50. The highest BCUT2D eigenvalue weighted by Gasteiger charge is 2.26. The summed E-state index contributed by atoms with van der Waals surface area (Å²) in [7, 11) is 0. The molecule has 7 heteroatoms. The molecule has 0 aliphatic heterocycles. The Bertz CT molecular complexity index is 1010. The van der Waals surface area contributed by atoms with Crippen LogP contribution in [0.4, 0.5) is 0 Å². The number of amides is 1. The first-order valence-corrected chi connectivity index (χ1v) is 9.24. The van der Waals surface area contributed by atoms with Crippen LogP contribution in [0.5, 0.6) is 11.6 Å². The van der Waals surface area contributed by atoms with Crippen LogP contribution in [0.2, 0.25) is 0 Å². The Kier molecular flexibility index (Phi) is 4.53. The standard InChI is InChI=1S/C20H16BrN3O3/c21-14-7-3-6-13(8-14)18-23-16(17(25)20(27)24-18)19(26)22-15-9-11-4-1-2-5-12(11)10-15/h1-8,15,25H,9-10H2,(H,22,26)(H,23,24,27). The summed E-state index contributed by atoms with van der Waals surface area (Å²) in [5.74, 6) is -1.63. The molecule has 4 rings (SSSR count). The quantitative estimate of drug-likeness (QED) is 0.598. The molecular weight excluding hydrogens is 410 g/mol. The maximum atomic E-state index is 12.7. The minimum absolute atomic E-state index is 0.0827. The number of hydrogen-bond acceptors (Lipinski definition) is 5. The van der Waals surface area contributed by atoms with Crippen LogP contribution in [0.15, 0.2) is 53.0 Å². The fraction of sp³-hybridized carbons (Fsp3) is 0.150. The van der Waals surface area contributed by atoms with Crippen LogP contribution < -0.4 is 5.32 Å². The summed E-state index contributed by atoms with van der Waals surface area (Å²) in [4.78, 5) is 20.8. The number of aromatic nitrogens is 2. The predicted molar refractivity (Wildman–Crippen MR) is 104 cm³/mol. The van der Waals surface area contributed by atoms with Crippen molar-refractivity contribution in [3.05, 3.63) is 69.8 Å². The van der Waals surface area contributed by atoms with Gasteiger partial charge in [0, 0.05) is 16.1 Å². The van der Waals surface area contributed by atoms with E-state index in [1.54, 1.807) is 18.2 Å². The van der Waals surface area contributed by atoms with Gasteiger partial charge in [-0.1, -0.05) is 52.3 Å². The van der Waals surface area contributed by atoms with Crippen molar-refractivity contribution in [3.8, 4) is 23.0 Å². The fourth-order valence-corrected chi connectivity index (χ4v) is 3.67. The minimum Gasteiger partial charge on any atom is -0.501 e. The molecule has 1 heterocycles. The van der Waals surface area contributed by atoms with E-state index in [0.717, 1.165) is 17.3 Å². The molecule has 1 amide bonds. The molecule has 3 aromatic rings. The van der Waals surface area contributed by atoms with Gasteiger partial charge in [-0.25, -0.2) is 4.98 Å². The minimum atomic E-state index is -0.625. The molecule has 3 N–H and O–H groups in total. The number of nitrogens with zero attached hydrogens (tertiary/aromatic N) is 2. The average Bonchev–Trinajstić information content (AvgIpc) is 3.06. The summed E-state index contributed by atoms with van der Waals surface area (Å²) in [5, 5.41) is 23.0. The molecule has 27 heavy (non-hydrogen) atoms. The molecule has 1 aliphatic rings. The van der Waals surface area contributed by atoms with Crippen LogP contribution in [-0.2, 0) is 12.8 Å². The monoisotopic (exact) mass is 425 g/mol. The third-order valence-electron chi connectivity index (χ3n) is 4.55. The number of carbonyl (C=O) groups is 1. The van der Waals surface area contributed by atoms with Crippen molar-refractivity contribution in [2.75, 3.05) is 0 Å². The highest BCUT2D eigenvalue weighted by atomic mass is 79.9. The number of fused-ring (bicyclic) bond motifs is 1. The van der Waals surface area contributed by atoms with E-state index in [-0.39, 0.29) is 17.6 Å². The van der Waals surface area contributed by atoms with E-state index in [1.807, 2.05) is 30.3 Å². The maximum Gasteiger partial charge on any atom is 0.274 e. The molecule has 6 nitrogen and oxygen atoms in total. The summed E-state index contributed by atoms with van der Waals surface area (Å²) in [6.45, 7) is 0. The van der Waals surface area contributed by atoms with Crippen molar-refractivity contribution in [2.24, 2.45) is 0 Å². The molecule has 0 bridgehead atoms. The second-order valence-corrected chi connectivity index (χ2v) is 7.34. The van der Waals surface area contributed by atoms with Gasteiger partial charge in [-0.2, -0.15) is 4.98 Å². The van der Waals surface area contributed by atoms with Crippen molar-refractivity contribution >= 4 is 21.8 Å². The third-order valence-corrected chi connectivity index (χ3v) is 5.04. The molecule has 0 atom stereocenters. The van der Waals surface area contributed by atoms with Crippen LogP contribution in [0.25, 0.3) is 11.4 Å². The van der Waals surface area contributed by atoms with E-state index in [0.29, 0.717) is 5.56 Å². The Balaban J connectivity index is 1.60. The van der Waals surface area contributed by atoms with Gasteiger partial charge in [0.1, 0.15) is 0 Å². The van der Waals surface area contributed by atoms with Gasteiger partial charge in [-0.05, 0) is 36.1 Å². The molecule has 136 valence electrons. The van der Waals surface area contributed by atoms with Crippen LogP contribution in [-0.4, -0.2) is 32.1 Å². The molecule has 0 saturated heterocycles. The fourth-order valence-electron chi connectivity index (χ4n) is 3.27. The molecule has 0 spiro atoms. The van der Waals surface area contributed by atoms with Crippen molar-refractivity contribution in [1.29, 1.82) is 0 Å². The SMILES string of the molecule is O=C(NC1Cc2ccccc2C1)c1nc(-c2cccc(Br)c2)nc(O)c1O. The van der Waals surface area contributed by atoms with E-state index in [2.05, 4.69) is 31.2 Å². The molecule has 1 aliphatic carbocycles. The van der Waals surface area contributed by atoms with E-state index in [4.69, 9.17) is 0 Å². The number of carbonyl (C=O) groups excluding carboxylic acids is 1. The first-order valence-electron chi connectivity index (χ1n) is 8.45. The molecule has 0 radical (unpaired) electrons. The lowest BCUT2D eigenvalue weighted by Gasteiger charge is -2.13. The lowest BCUT2D eigenvalue weighted by atomic mass is 10.1. The molecule has 0 fully saturated rings. The molecule has 2 aromatic carbocycles. The Morgan fingerprint density at radius 3 is 2.41 bits per heavy atom. The molecule has 0 unspecified atom stereocenters. The largest absolute Gasteiger partial charge is 0.501 e. The second-order valence-electron chi connectivity index (χ2n) is 6.43. The van der Waals surface area contributed by atoms with Gasteiger partial charge in [0.25, 0.3) is 11.8 Å². The van der Waals surface area contributed by atoms with Gasteiger partial charge in [0.15, 0.2) is 11.5 Å². The van der Waals surface area contributed by atoms with Gasteiger partial charge in [0.2, 0.25) is 5.75 Å². The van der Waals surface area contributed by atoms with Gasteiger partial charge in [0.05, 0.1) is 0 Å². The summed E-state index contributed by atoms with van der Waals surface area (Å²) in [5.41, 5.74) is 2.77. The van der Waals surface area contributed by atoms with Crippen molar-refractivity contribution in [2.45, 2.75) is 18.9 Å². The van der Waals surface area contributed by atoms with Crippen LogP contribution in [0.3, 0.4) is 0 Å². The lowest BCUT2D eigenvalue weighted by molar-refractivity contribution is 0.0929. The molecule has 1 aromatic heterocycles. The summed E-state index contributed by atoms with van der Waals surface area (Å²) < 4.78 is 0.811. The second kappa shape index (κ2) is 7.00. The highest BCUT2D eigenvalue weighted by molar-refractivity contribution is 9.10. The van der Waals surface area contributed by atoms with Gasteiger partial charge < -0.3 is 15.5 Å². The number of rotatable bonds is 3. The van der Waals surface area contributed by atoms with Crippen molar-refractivity contribution in [1.82, 2.24) is 15.3 Å². The number of hydrogen-bond donors (Lipinski definition) is 3. The maximum absolute atomic E-state index is 12.7. The average molecular weight is 426 g/mol. The van der Waals surface area contributed by atoms with E-state index < -0.39 is 17.5 Å². The lowest BCUT2D eigenvalue weighted by Crippen LogP contribution is -2.36. The Morgan fingerprint density at radius 2 is 1.74 bits per heavy atom. The van der Waals surface area contributed by atoms with Gasteiger partial charge in [-0.3, -0.25) is 4.79 Å². The van der Waals surface area contributed by atoms with Crippen molar-refractivity contribution in [3.63, 3.8) is 0 Å². The van der Waals surface area contributed by atoms with Crippen LogP contribution in [0.1, 0.15) is 21.6 Å². The van der Waals surface area contributed by atoms with E-state index in [1.165, 1.54) is 11.1 Å². The Hall–Kier alpha value is -2.93. The highest BCUT2D eigenvalue weighted by Crippen LogP contribution is 2.30.